The lowest BCUT2D eigenvalue weighted by molar-refractivity contribution is 0.0697. The molecule has 0 saturated heterocycles. The lowest BCUT2D eigenvalue weighted by atomic mass is 9.85. The Morgan fingerprint density at radius 2 is 1.59 bits per heavy atom. The molecule has 0 bridgehead atoms. The molecule has 2 N–H and O–H groups in total. The molecule has 0 saturated carbocycles. The molecule has 4 aromatic carbocycles. The molecule has 8 nitrogen and oxygen atoms in total. The fourth-order valence-electron chi connectivity index (χ4n) is 5.89. The number of hydrogen-bond acceptors (Lipinski definition) is 6. The molecule has 1 aromatic heterocycles. The number of amidine groups is 2. The Morgan fingerprint density at radius 1 is 0.864 bits per heavy atom. The number of carbonyl (C=O) groups is 1. The van der Waals surface area contributed by atoms with E-state index in [1.165, 1.54) is 5.56 Å². The van der Waals surface area contributed by atoms with Crippen LogP contribution in [0.1, 0.15) is 59.6 Å². The molecule has 1 atom stereocenters. The summed E-state index contributed by atoms with van der Waals surface area (Å²) >= 11 is 0. The molecule has 8 heteroatoms. The minimum absolute atomic E-state index is 0.0168. The van der Waals surface area contributed by atoms with Crippen LogP contribution in [0.15, 0.2) is 113 Å². The highest BCUT2D eigenvalue weighted by Gasteiger charge is 2.41. The molecule has 0 amide bonds. The van der Waals surface area contributed by atoms with E-state index in [1.54, 1.807) is 18.2 Å². The number of nitrogens with zero attached hydrogens (tertiary/aromatic N) is 5. The zero-order valence-corrected chi connectivity index (χ0v) is 25.0. The van der Waals surface area contributed by atoms with Crippen LogP contribution >= 0.6 is 0 Å². The first-order valence-electron chi connectivity index (χ1n) is 14.6. The van der Waals surface area contributed by atoms with Crippen molar-refractivity contribution in [2.75, 3.05) is 10.2 Å². The molecule has 2 aliphatic rings. The van der Waals surface area contributed by atoms with Gasteiger partial charge in [-0.15, -0.1) is 0 Å². The first kappa shape index (κ1) is 27.3. The lowest BCUT2D eigenvalue weighted by Crippen LogP contribution is -2.46. The molecule has 218 valence electrons. The molecular formula is C36H32N6O2. The highest BCUT2D eigenvalue weighted by atomic mass is 16.4. The number of aliphatic imine (C=N–C) groups is 2. The first-order chi connectivity index (χ1) is 21.2. The van der Waals surface area contributed by atoms with Gasteiger partial charge in [-0.2, -0.15) is 5.10 Å². The van der Waals surface area contributed by atoms with E-state index in [0.29, 0.717) is 17.4 Å². The maximum Gasteiger partial charge on any atom is 0.335 e. The van der Waals surface area contributed by atoms with Gasteiger partial charge < -0.3 is 15.3 Å². The van der Waals surface area contributed by atoms with Crippen molar-refractivity contribution in [3.63, 3.8) is 0 Å². The molecule has 0 spiro atoms. The number of anilines is 2. The smallest absolute Gasteiger partial charge is 0.335 e. The van der Waals surface area contributed by atoms with Crippen molar-refractivity contribution in [1.29, 1.82) is 0 Å². The minimum Gasteiger partial charge on any atom is -0.478 e. The van der Waals surface area contributed by atoms with Crippen LogP contribution in [0.2, 0.25) is 0 Å². The third-order valence-corrected chi connectivity index (χ3v) is 8.10. The van der Waals surface area contributed by atoms with Gasteiger partial charge in [0.05, 0.1) is 34.4 Å². The van der Waals surface area contributed by atoms with Gasteiger partial charge in [-0.1, -0.05) is 81.4 Å². The Morgan fingerprint density at radius 3 is 2.32 bits per heavy atom. The normalized spacial score (nSPS) is 15.5. The van der Waals surface area contributed by atoms with E-state index in [1.807, 2.05) is 66.2 Å². The van der Waals surface area contributed by atoms with Crippen LogP contribution in [0.25, 0.3) is 5.69 Å². The number of rotatable bonds is 4. The highest BCUT2D eigenvalue weighted by molar-refractivity contribution is 6.51. The lowest BCUT2D eigenvalue weighted by Gasteiger charge is -2.40. The van der Waals surface area contributed by atoms with Gasteiger partial charge in [0.1, 0.15) is 0 Å². The third-order valence-electron chi connectivity index (χ3n) is 8.10. The van der Waals surface area contributed by atoms with Crippen molar-refractivity contribution < 1.29 is 9.90 Å². The summed E-state index contributed by atoms with van der Waals surface area (Å²) in [6.07, 6.45) is 0. The number of hydrogen-bond donors (Lipinski definition) is 2. The quantitative estimate of drug-likeness (QED) is 0.225. The Bertz CT molecular complexity index is 1970. The Labute approximate surface area is 256 Å². The summed E-state index contributed by atoms with van der Waals surface area (Å²) in [5.41, 5.74) is 7.70. The van der Waals surface area contributed by atoms with Gasteiger partial charge in [-0.05, 0) is 65.9 Å². The number of aromatic nitrogens is 2. The van der Waals surface area contributed by atoms with Crippen LogP contribution in [0, 0.1) is 6.92 Å². The second-order valence-corrected chi connectivity index (χ2v) is 12.1. The van der Waals surface area contributed by atoms with Gasteiger partial charge in [0.2, 0.25) is 0 Å². The van der Waals surface area contributed by atoms with Crippen molar-refractivity contribution in [2.45, 2.75) is 39.2 Å². The molecule has 44 heavy (non-hydrogen) atoms. The van der Waals surface area contributed by atoms with Crippen molar-refractivity contribution in [3.8, 4) is 5.69 Å². The topological polar surface area (TPSA) is 95.1 Å². The van der Waals surface area contributed by atoms with Crippen molar-refractivity contribution in [1.82, 2.24) is 9.78 Å². The van der Waals surface area contributed by atoms with Crippen LogP contribution in [0.4, 0.5) is 22.9 Å². The first-order valence-corrected chi connectivity index (χ1v) is 14.6. The molecular weight excluding hydrogens is 548 g/mol. The summed E-state index contributed by atoms with van der Waals surface area (Å²) in [7, 11) is 0. The van der Waals surface area contributed by atoms with Gasteiger partial charge in [-0.3, -0.25) is 0 Å². The van der Waals surface area contributed by atoms with Crippen LogP contribution in [0.3, 0.4) is 0 Å². The summed E-state index contributed by atoms with van der Waals surface area (Å²) in [5, 5.41) is 18.0. The second kappa shape index (κ2) is 10.3. The highest BCUT2D eigenvalue weighted by Crippen LogP contribution is 2.48. The van der Waals surface area contributed by atoms with Gasteiger partial charge in [0.25, 0.3) is 0 Å². The average Bonchev–Trinajstić information content (AvgIpc) is 3.36. The number of nitrogens with one attached hydrogen (secondary N) is 1. The molecule has 0 radical (unpaired) electrons. The minimum atomic E-state index is -0.994. The molecule has 7 rings (SSSR count). The average molecular weight is 581 g/mol. The summed E-state index contributed by atoms with van der Waals surface area (Å²) in [5.74, 6) is 0.885. The van der Waals surface area contributed by atoms with E-state index in [0.717, 1.165) is 39.7 Å². The summed E-state index contributed by atoms with van der Waals surface area (Å²) in [6.45, 7) is 8.69. The predicted molar refractivity (Wildman–Crippen MR) is 175 cm³/mol. The summed E-state index contributed by atoms with van der Waals surface area (Å²) in [6, 6.07) is 33.3. The number of fused-ring (bicyclic) bond motifs is 4. The van der Waals surface area contributed by atoms with Crippen LogP contribution < -0.4 is 10.2 Å². The number of para-hydroxylation sites is 3. The molecule has 0 aliphatic carbocycles. The fourth-order valence-corrected chi connectivity index (χ4v) is 5.89. The summed E-state index contributed by atoms with van der Waals surface area (Å²) < 4.78 is 1.90. The number of benzene rings is 4. The van der Waals surface area contributed by atoms with Crippen LogP contribution in [-0.4, -0.2) is 32.5 Å². The van der Waals surface area contributed by atoms with E-state index >= 15 is 0 Å². The Kier molecular flexibility index (Phi) is 6.43. The fraction of sp³-hybridized carbons (Fsp3) is 0.167. The molecule has 2 aliphatic heterocycles. The number of carboxylic acids is 1. The van der Waals surface area contributed by atoms with Crippen molar-refractivity contribution in [3.05, 3.63) is 131 Å². The molecule has 0 fully saturated rings. The molecule has 1 unspecified atom stereocenters. The predicted octanol–water partition coefficient (Wildman–Crippen LogP) is 7.97. The zero-order valence-electron chi connectivity index (χ0n) is 25.0. The van der Waals surface area contributed by atoms with Crippen molar-refractivity contribution >= 4 is 40.5 Å². The van der Waals surface area contributed by atoms with Gasteiger partial charge in [0.15, 0.2) is 17.5 Å². The van der Waals surface area contributed by atoms with Gasteiger partial charge in [0, 0.05) is 11.3 Å². The van der Waals surface area contributed by atoms with E-state index in [9.17, 15) is 9.90 Å². The van der Waals surface area contributed by atoms with Crippen LogP contribution in [-0.2, 0) is 5.41 Å². The number of aryl methyl sites for hydroxylation is 1. The second-order valence-electron chi connectivity index (χ2n) is 12.1. The van der Waals surface area contributed by atoms with E-state index < -0.39 is 5.97 Å². The van der Waals surface area contributed by atoms with Gasteiger partial charge >= 0.3 is 5.97 Å². The van der Waals surface area contributed by atoms with E-state index in [2.05, 4.69) is 61.3 Å². The van der Waals surface area contributed by atoms with Gasteiger partial charge in [-0.25, -0.2) is 19.5 Å². The van der Waals surface area contributed by atoms with Crippen molar-refractivity contribution in [2.24, 2.45) is 9.98 Å². The van der Waals surface area contributed by atoms with Crippen LogP contribution in [0.5, 0.6) is 0 Å². The molecule has 3 heterocycles. The Hall–Kier alpha value is -5.50. The number of carboxylic acid groups (broad SMARTS) is 1. The monoisotopic (exact) mass is 580 g/mol. The largest absolute Gasteiger partial charge is 0.478 e. The maximum atomic E-state index is 11.7. The maximum absolute atomic E-state index is 11.7. The third kappa shape index (κ3) is 4.65. The van der Waals surface area contributed by atoms with E-state index in [4.69, 9.17) is 15.1 Å². The SMILES string of the molecule is Cc1nn(-c2ccccc2)c2c1C(c1ccc(C(C)(C)C)cc1)N1C(=N2)C(Nc2cccc(C(=O)O)c2)=Nc2ccccc21. The number of aromatic carboxylic acids is 1. The zero-order chi connectivity index (χ0) is 30.6. The standard InChI is InChI=1S/C36H32N6O2/c1-22-30-31(23-17-19-25(20-18-23)36(2,3)4)41-29-16-9-8-15-28(29)38-32(37-26-12-10-11-24(21-26)35(43)44)34(41)39-33(30)42(40-22)27-13-6-5-7-14-27/h5-21,31H,1-4H3,(H,37,38)(H,43,44). The summed E-state index contributed by atoms with van der Waals surface area (Å²) in [4.78, 5) is 24.2. The Balaban J connectivity index is 1.46. The van der Waals surface area contributed by atoms with E-state index in [-0.39, 0.29) is 17.0 Å². The molecule has 5 aromatic rings.